The predicted octanol–water partition coefficient (Wildman–Crippen LogP) is 0.122. The van der Waals surface area contributed by atoms with Crippen LogP contribution in [-0.2, 0) is 4.79 Å². The van der Waals surface area contributed by atoms with Crippen molar-refractivity contribution in [2.75, 3.05) is 19.6 Å². The van der Waals surface area contributed by atoms with Crippen molar-refractivity contribution in [2.45, 2.75) is 19.3 Å². The Morgan fingerprint density at radius 1 is 1.42 bits per heavy atom. The van der Waals surface area contributed by atoms with Crippen molar-refractivity contribution in [3.63, 3.8) is 0 Å². The van der Waals surface area contributed by atoms with E-state index >= 15 is 0 Å². The van der Waals surface area contributed by atoms with Crippen molar-refractivity contribution in [2.24, 2.45) is 11.8 Å². The number of rotatable bonds is 3. The molecular formula is C9H16N2O. The first-order valence-electron chi connectivity index (χ1n) is 4.84. The normalized spacial score (nSPS) is 28.8. The molecule has 0 aromatic carbocycles. The van der Waals surface area contributed by atoms with Crippen molar-refractivity contribution in [1.82, 2.24) is 10.6 Å². The molecule has 1 saturated heterocycles. The Morgan fingerprint density at radius 3 is 2.83 bits per heavy atom. The molecule has 3 nitrogen and oxygen atoms in total. The molecule has 0 spiro atoms. The molecular weight excluding hydrogens is 152 g/mol. The number of nitrogens with one attached hydrogen (secondary N) is 2. The van der Waals surface area contributed by atoms with E-state index in [-0.39, 0.29) is 11.8 Å². The number of carbonyl (C=O) groups excluding carboxylic acids is 1. The zero-order valence-corrected chi connectivity index (χ0v) is 7.31. The number of carbonyl (C=O) groups is 1. The topological polar surface area (TPSA) is 41.1 Å². The molecule has 1 saturated carbocycles. The van der Waals surface area contributed by atoms with E-state index in [1.54, 1.807) is 0 Å². The van der Waals surface area contributed by atoms with Crippen molar-refractivity contribution < 1.29 is 4.79 Å². The van der Waals surface area contributed by atoms with Gasteiger partial charge in [-0.3, -0.25) is 4.79 Å². The van der Waals surface area contributed by atoms with E-state index in [2.05, 4.69) is 10.6 Å². The number of hydrogen-bond donors (Lipinski definition) is 2. The van der Waals surface area contributed by atoms with E-state index in [0.717, 1.165) is 32.0 Å². The molecule has 0 aromatic rings. The summed E-state index contributed by atoms with van der Waals surface area (Å²) in [6.07, 6.45) is 3.63. The molecule has 1 aliphatic heterocycles. The Balaban J connectivity index is 1.67. The Labute approximate surface area is 72.9 Å². The van der Waals surface area contributed by atoms with Crippen LogP contribution in [0.1, 0.15) is 19.3 Å². The fourth-order valence-electron chi connectivity index (χ4n) is 1.59. The van der Waals surface area contributed by atoms with E-state index in [1.165, 1.54) is 12.8 Å². The summed E-state index contributed by atoms with van der Waals surface area (Å²) in [5.41, 5.74) is 0. The van der Waals surface area contributed by atoms with Gasteiger partial charge >= 0.3 is 0 Å². The lowest BCUT2D eigenvalue weighted by Gasteiger charge is -2.08. The van der Waals surface area contributed by atoms with Crippen LogP contribution in [0.4, 0.5) is 0 Å². The Morgan fingerprint density at radius 2 is 2.25 bits per heavy atom. The summed E-state index contributed by atoms with van der Waals surface area (Å²) in [4.78, 5) is 11.4. The summed E-state index contributed by atoms with van der Waals surface area (Å²) in [6, 6.07) is 0. The minimum absolute atomic E-state index is 0.240. The van der Waals surface area contributed by atoms with Gasteiger partial charge in [-0.25, -0.2) is 0 Å². The SMILES string of the molecule is O=C(NCC1CC1)C1CCNC1. The van der Waals surface area contributed by atoms with Gasteiger partial charge in [-0.2, -0.15) is 0 Å². The summed E-state index contributed by atoms with van der Waals surface area (Å²) in [6.45, 7) is 2.79. The summed E-state index contributed by atoms with van der Waals surface area (Å²) < 4.78 is 0. The van der Waals surface area contributed by atoms with Crippen molar-refractivity contribution in [3.8, 4) is 0 Å². The van der Waals surface area contributed by atoms with Crippen molar-refractivity contribution in [1.29, 1.82) is 0 Å². The third kappa shape index (κ3) is 1.97. The molecule has 2 N–H and O–H groups in total. The fourth-order valence-corrected chi connectivity index (χ4v) is 1.59. The lowest BCUT2D eigenvalue weighted by Crippen LogP contribution is -2.33. The van der Waals surface area contributed by atoms with Gasteiger partial charge in [0, 0.05) is 13.1 Å². The van der Waals surface area contributed by atoms with Gasteiger partial charge in [-0.05, 0) is 31.7 Å². The maximum atomic E-state index is 11.4. The van der Waals surface area contributed by atoms with Gasteiger partial charge in [0.05, 0.1) is 5.92 Å². The molecule has 0 aromatic heterocycles. The first kappa shape index (κ1) is 8.05. The highest BCUT2D eigenvalue weighted by Crippen LogP contribution is 2.27. The van der Waals surface area contributed by atoms with Gasteiger partial charge in [0.25, 0.3) is 0 Å². The highest BCUT2D eigenvalue weighted by atomic mass is 16.1. The Hall–Kier alpha value is -0.570. The van der Waals surface area contributed by atoms with Crippen LogP contribution in [0, 0.1) is 11.8 Å². The van der Waals surface area contributed by atoms with Crippen LogP contribution in [0.5, 0.6) is 0 Å². The van der Waals surface area contributed by atoms with E-state index in [1.807, 2.05) is 0 Å². The lowest BCUT2D eigenvalue weighted by atomic mass is 10.1. The summed E-state index contributed by atoms with van der Waals surface area (Å²) in [5, 5.41) is 6.20. The Kier molecular flexibility index (Phi) is 2.30. The second-order valence-corrected chi connectivity index (χ2v) is 3.88. The molecule has 2 fully saturated rings. The van der Waals surface area contributed by atoms with Crippen LogP contribution in [0.3, 0.4) is 0 Å². The first-order valence-corrected chi connectivity index (χ1v) is 4.84. The van der Waals surface area contributed by atoms with Crippen molar-refractivity contribution in [3.05, 3.63) is 0 Å². The monoisotopic (exact) mass is 168 g/mol. The van der Waals surface area contributed by atoms with Crippen LogP contribution in [-0.4, -0.2) is 25.5 Å². The third-order valence-corrected chi connectivity index (χ3v) is 2.69. The highest BCUT2D eigenvalue weighted by molar-refractivity contribution is 5.79. The van der Waals surface area contributed by atoms with E-state index < -0.39 is 0 Å². The quantitative estimate of drug-likeness (QED) is 0.628. The van der Waals surface area contributed by atoms with Crippen molar-refractivity contribution >= 4 is 5.91 Å². The second kappa shape index (κ2) is 3.44. The maximum absolute atomic E-state index is 11.4. The zero-order chi connectivity index (χ0) is 8.39. The second-order valence-electron chi connectivity index (χ2n) is 3.88. The van der Waals surface area contributed by atoms with Gasteiger partial charge in [0.1, 0.15) is 0 Å². The van der Waals surface area contributed by atoms with Gasteiger partial charge in [-0.15, -0.1) is 0 Å². The number of hydrogen-bond acceptors (Lipinski definition) is 2. The molecule has 2 aliphatic rings. The van der Waals surface area contributed by atoms with Gasteiger partial charge in [0.15, 0.2) is 0 Å². The molecule has 3 heteroatoms. The van der Waals surface area contributed by atoms with Gasteiger partial charge in [0.2, 0.25) is 5.91 Å². The molecule has 2 rings (SSSR count). The standard InChI is InChI=1S/C9H16N2O/c12-9(8-3-4-10-6-8)11-5-7-1-2-7/h7-8,10H,1-6H2,(H,11,12). The Bertz CT molecular complexity index is 171. The average molecular weight is 168 g/mol. The van der Waals surface area contributed by atoms with Crippen LogP contribution in [0.2, 0.25) is 0 Å². The summed E-state index contributed by atoms with van der Waals surface area (Å²) in [7, 11) is 0. The van der Waals surface area contributed by atoms with Crippen LogP contribution >= 0.6 is 0 Å². The molecule has 0 radical (unpaired) electrons. The smallest absolute Gasteiger partial charge is 0.224 e. The summed E-state index contributed by atoms with van der Waals surface area (Å²) >= 11 is 0. The van der Waals surface area contributed by atoms with E-state index in [0.29, 0.717) is 0 Å². The molecule has 0 bridgehead atoms. The molecule has 1 atom stereocenters. The van der Waals surface area contributed by atoms with Gasteiger partial charge < -0.3 is 10.6 Å². The van der Waals surface area contributed by atoms with Crippen LogP contribution in [0.15, 0.2) is 0 Å². The fraction of sp³-hybridized carbons (Fsp3) is 0.889. The maximum Gasteiger partial charge on any atom is 0.224 e. The van der Waals surface area contributed by atoms with Crippen LogP contribution in [0.25, 0.3) is 0 Å². The zero-order valence-electron chi connectivity index (χ0n) is 7.31. The molecule has 1 unspecified atom stereocenters. The molecule has 68 valence electrons. The first-order chi connectivity index (χ1) is 5.86. The minimum Gasteiger partial charge on any atom is -0.356 e. The predicted molar refractivity (Wildman–Crippen MR) is 46.7 cm³/mol. The summed E-state index contributed by atoms with van der Waals surface area (Å²) in [5.74, 6) is 1.29. The minimum atomic E-state index is 0.240. The largest absolute Gasteiger partial charge is 0.356 e. The van der Waals surface area contributed by atoms with Gasteiger partial charge in [-0.1, -0.05) is 0 Å². The molecule has 1 amide bonds. The molecule has 1 heterocycles. The number of amides is 1. The highest BCUT2D eigenvalue weighted by Gasteiger charge is 2.25. The third-order valence-electron chi connectivity index (χ3n) is 2.69. The lowest BCUT2D eigenvalue weighted by molar-refractivity contribution is -0.124. The van der Waals surface area contributed by atoms with Crippen LogP contribution < -0.4 is 10.6 Å². The van der Waals surface area contributed by atoms with E-state index in [4.69, 9.17) is 0 Å². The average Bonchev–Trinajstić information content (AvgIpc) is 2.74. The van der Waals surface area contributed by atoms with E-state index in [9.17, 15) is 4.79 Å². The molecule has 1 aliphatic carbocycles. The molecule has 12 heavy (non-hydrogen) atoms.